The highest BCUT2D eigenvalue weighted by molar-refractivity contribution is 5.76. The largest absolute Gasteiger partial charge is 0.379 e. The topological polar surface area (TPSA) is 70.8 Å². The molecule has 7 heteroatoms. The molecule has 1 aromatic heterocycles. The number of rotatable bonds is 4. The fraction of sp³-hybridized carbons (Fsp3) is 0.789. The van der Waals surface area contributed by atoms with Gasteiger partial charge in [-0.2, -0.15) is 0 Å². The van der Waals surface area contributed by atoms with Crippen LogP contribution in [0.5, 0.6) is 0 Å². The van der Waals surface area contributed by atoms with Gasteiger partial charge in [0.2, 0.25) is 0 Å². The average molecular weight is 362 g/mol. The summed E-state index contributed by atoms with van der Waals surface area (Å²) < 4.78 is 10.9. The molecule has 4 rings (SSSR count). The third kappa shape index (κ3) is 3.74. The van der Waals surface area contributed by atoms with Crippen LogP contribution in [0.2, 0.25) is 0 Å². The van der Waals surface area contributed by atoms with E-state index in [1.54, 1.807) is 0 Å². The molecule has 1 atom stereocenters. The lowest BCUT2D eigenvalue weighted by molar-refractivity contribution is 0.0244. The van der Waals surface area contributed by atoms with E-state index in [0.717, 1.165) is 76.5 Å². The first-order chi connectivity index (χ1) is 12.7. The molecule has 0 radical (unpaired) electrons. The third-order valence-electron chi connectivity index (χ3n) is 6.05. The SMILES string of the molecule is Cc1cc([C@@H]2CCCN2C(=O)NC2(CN3CCOCC3)CCCC2)on1. The smallest absolute Gasteiger partial charge is 0.318 e. The van der Waals surface area contributed by atoms with Gasteiger partial charge in [0, 0.05) is 32.2 Å². The van der Waals surface area contributed by atoms with Gasteiger partial charge in [-0.1, -0.05) is 18.0 Å². The zero-order valence-electron chi connectivity index (χ0n) is 15.7. The van der Waals surface area contributed by atoms with Crippen LogP contribution in [0.15, 0.2) is 10.6 Å². The van der Waals surface area contributed by atoms with Crippen molar-refractivity contribution in [1.29, 1.82) is 0 Å². The van der Waals surface area contributed by atoms with Crippen LogP contribution in [0.25, 0.3) is 0 Å². The first kappa shape index (κ1) is 17.8. The van der Waals surface area contributed by atoms with Gasteiger partial charge in [0.15, 0.2) is 5.76 Å². The van der Waals surface area contributed by atoms with Crippen molar-refractivity contribution in [2.75, 3.05) is 39.4 Å². The van der Waals surface area contributed by atoms with Crippen LogP contribution in [-0.2, 0) is 4.74 Å². The Morgan fingerprint density at radius 1 is 1.27 bits per heavy atom. The van der Waals surface area contributed by atoms with E-state index < -0.39 is 0 Å². The molecule has 2 amide bonds. The average Bonchev–Trinajstić information content (AvgIpc) is 3.36. The van der Waals surface area contributed by atoms with Crippen LogP contribution in [-0.4, -0.2) is 65.9 Å². The van der Waals surface area contributed by atoms with E-state index in [4.69, 9.17) is 9.26 Å². The predicted octanol–water partition coefficient (Wildman–Crippen LogP) is 2.47. The number of nitrogens with one attached hydrogen (secondary N) is 1. The Balaban J connectivity index is 1.44. The number of aryl methyl sites for hydroxylation is 1. The molecular weight excluding hydrogens is 332 g/mol. The molecule has 3 fully saturated rings. The number of likely N-dealkylation sites (tertiary alicyclic amines) is 1. The highest BCUT2D eigenvalue weighted by Crippen LogP contribution is 2.35. The van der Waals surface area contributed by atoms with Crippen molar-refractivity contribution in [3.8, 4) is 0 Å². The van der Waals surface area contributed by atoms with Crippen molar-refractivity contribution < 1.29 is 14.1 Å². The van der Waals surface area contributed by atoms with Gasteiger partial charge in [-0.15, -0.1) is 0 Å². The number of ether oxygens (including phenoxy) is 1. The molecule has 1 aromatic rings. The molecule has 144 valence electrons. The molecule has 0 spiro atoms. The summed E-state index contributed by atoms with van der Waals surface area (Å²) in [6.07, 6.45) is 6.46. The van der Waals surface area contributed by atoms with Crippen molar-refractivity contribution in [2.45, 2.75) is 57.0 Å². The number of amides is 2. The number of carbonyl (C=O) groups excluding carboxylic acids is 1. The van der Waals surface area contributed by atoms with E-state index in [1.165, 1.54) is 12.8 Å². The molecule has 3 aliphatic rings. The van der Waals surface area contributed by atoms with Crippen LogP contribution in [0, 0.1) is 6.92 Å². The van der Waals surface area contributed by atoms with Crippen LogP contribution >= 0.6 is 0 Å². The molecule has 0 aromatic carbocycles. The van der Waals surface area contributed by atoms with Gasteiger partial charge in [0.05, 0.1) is 30.5 Å². The Bertz CT molecular complexity index is 620. The number of nitrogens with zero attached hydrogens (tertiary/aromatic N) is 3. The summed E-state index contributed by atoms with van der Waals surface area (Å²) in [5.74, 6) is 0.809. The number of hydrogen-bond acceptors (Lipinski definition) is 5. The summed E-state index contributed by atoms with van der Waals surface area (Å²) in [4.78, 5) is 17.5. The maximum Gasteiger partial charge on any atom is 0.318 e. The van der Waals surface area contributed by atoms with Gasteiger partial charge < -0.3 is 19.5 Å². The molecule has 1 N–H and O–H groups in total. The summed E-state index contributed by atoms with van der Waals surface area (Å²) in [5.41, 5.74) is 0.769. The summed E-state index contributed by atoms with van der Waals surface area (Å²) in [7, 11) is 0. The van der Waals surface area contributed by atoms with Crippen molar-refractivity contribution in [2.24, 2.45) is 0 Å². The minimum Gasteiger partial charge on any atom is -0.379 e. The van der Waals surface area contributed by atoms with Gasteiger partial charge in [-0.05, 0) is 32.6 Å². The number of urea groups is 1. The second kappa shape index (κ2) is 7.56. The van der Waals surface area contributed by atoms with Crippen LogP contribution in [0.1, 0.15) is 56.0 Å². The Morgan fingerprint density at radius 3 is 2.73 bits per heavy atom. The van der Waals surface area contributed by atoms with E-state index in [2.05, 4.69) is 15.4 Å². The second-order valence-corrected chi connectivity index (χ2v) is 8.03. The first-order valence-corrected chi connectivity index (χ1v) is 9.97. The van der Waals surface area contributed by atoms with Crippen molar-refractivity contribution in [1.82, 2.24) is 20.3 Å². The van der Waals surface area contributed by atoms with Gasteiger partial charge in [0.1, 0.15) is 0 Å². The molecule has 0 bridgehead atoms. The summed E-state index contributed by atoms with van der Waals surface area (Å²) in [6, 6.07) is 2.02. The van der Waals surface area contributed by atoms with Gasteiger partial charge in [-0.3, -0.25) is 4.90 Å². The normalized spacial score (nSPS) is 26.3. The maximum absolute atomic E-state index is 13.1. The predicted molar refractivity (Wildman–Crippen MR) is 96.9 cm³/mol. The van der Waals surface area contributed by atoms with Crippen molar-refractivity contribution in [3.05, 3.63) is 17.5 Å². The Kier molecular flexibility index (Phi) is 5.18. The van der Waals surface area contributed by atoms with Crippen LogP contribution < -0.4 is 5.32 Å². The monoisotopic (exact) mass is 362 g/mol. The minimum atomic E-state index is -0.0983. The Hall–Kier alpha value is -1.60. The zero-order valence-corrected chi connectivity index (χ0v) is 15.7. The van der Waals surface area contributed by atoms with E-state index in [1.807, 2.05) is 17.9 Å². The lowest BCUT2D eigenvalue weighted by Gasteiger charge is -2.39. The molecule has 1 aliphatic carbocycles. The van der Waals surface area contributed by atoms with E-state index >= 15 is 0 Å². The molecule has 2 aliphatic heterocycles. The van der Waals surface area contributed by atoms with E-state index in [9.17, 15) is 4.79 Å². The van der Waals surface area contributed by atoms with E-state index in [-0.39, 0.29) is 17.6 Å². The number of hydrogen-bond donors (Lipinski definition) is 1. The molecular formula is C19H30N4O3. The van der Waals surface area contributed by atoms with Gasteiger partial charge >= 0.3 is 6.03 Å². The summed E-state index contributed by atoms with van der Waals surface area (Å²) >= 11 is 0. The zero-order chi connectivity index (χ0) is 18.0. The highest BCUT2D eigenvalue weighted by atomic mass is 16.5. The number of carbonyl (C=O) groups is 1. The van der Waals surface area contributed by atoms with E-state index in [0.29, 0.717) is 0 Å². The Labute approximate surface area is 155 Å². The fourth-order valence-corrected chi connectivity index (χ4v) is 4.71. The van der Waals surface area contributed by atoms with Gasteiger partial charge in [0.25, 0.3) is 0 Å². The van der Waals surface area contributed by atoms with Crippen LogP contribution in [0.4, 0.5) is 4.79 Å². The lowest BCUT2D eigenvalue weighted by atomic mass is 9.96. The maximum atomic E-state index is 13.1. The second-order valence-electron chi connectivity index (χ2n) is 8.03. The summed E-state index contributed by atoms with van der Waals surface area (Å²) in [6.45, 7) is 7.14. The summed E-state index contributed by atoms with van der Waals surface area (Å²) in [5, 5.41) is 7.43. The van der Waals surface area contributed by atoms with Crippen molar-refractivity contribution >= 4 is 6.03 Å². The standard InChI is InChI=1S/C19H30N4O3/c1-15-13-17(26-21-15)16-5-4-8-23(16)18(24)20-19(6-2-3-7-19)14-22-9-11-25-12-10-22/h13,16H,2-12,14H2,1H3,(H,20,24)/t16-/m0/s1. The molecule has 2 saturated heterocycles. The van der Waals surface area contributed by atoms with Crippen LogP contribution in [0.3, 0.4) is 0 Å². The first-order valence-electron chi connectivity index (χ1n) is 9.97. The van der Waals surface area contributed by atoms with Gasteiger partial charge in [-0.25, -0.2) is 4.79 Å². The fourth-order valence-electron chi connectivity index (χ4n) is 4.71. The number of morpholine rings is 1. The molecule has 3 heterocycles. The third-order valence-corrected chi connectivity index (χ3v) is 6.05. The molecule has 7 nitrogen and oxygen atoms in total. The molecule has 26 heavy (non-hydrogen) atoms. The number of aromatic nitrogens is 1. The minimum absolute atomic E-state index is 0.0121. The Morgan fingerprint density at radius 2 is 2.04 bits per heavy atom. The quantitative estimate of drug-likeness (QED) is 0.891. The lowest BCUT2D eigenvalue weighted by Crippen LogP contribution is -2.58. The van der Waals surface area contributed by atoms with Crippen molar-refractivity contribution in [3.63, 3.8) is 0 Å². The highest BCUT2D eigenvalue weighted by Gasteiger charge is 2.40. The molecule has 1 saturated carbocycles. The molecule has 0 unspecified atom stereocenters.